The average molecular weight is 402 g/mol. The monoisotopic (exact) mass is 402 g/mol. The first-order valence-corrected chi connectivity index (χ1v) is 9.64. The van der Waals surface area contributed by atoms with E-state index in [-0.39, 0.29) is 29.2 Å². The summed E-state index contributed by atoms with van der Waals surface area (Å²) in [5.74, 6) is -1.20. The van der Waals surface area contributed by atoms with Crippen LogP contribution < -0.4 is 15.4 Å². The lowest BCUT2D eigenvalue weighted by Gasteiger charge is -2.30. The summed E-state index contributed by atoms with van der Waals surface area (Å²) in [6, 6.07) is 15.8. The molecule has 29 heavy (non-hydrogen) atoms. The Morgan fingerprint density at radius 3 is 2.31 bits per heavy atom. The number of rotatable bonds is 8. The number of hydrogen-bond acceptors (Lipinski definition) is 3. The van der Waals surface area contributed by atoms with Crippen molar-refractivity contribution >= 4 is 11.8 Å². The van der Waals surface area contributed by atoms with Gasteiger partial charge in [-0.3, -0.25) is 9.59 Å². The first kappa shape index (κ1) is 20.8. The van der Waals surface area contributed by atoms with Gasteiger partial charge in [-0.25, -0.2) is 0 Å². The van der Waals surface area contributed by atoms with Crippen molar-refractivity contribution in [2.24, 2.45) is 0 Å². The Bertz CT molecular complexity index is 837. The zero-order valence-corrected chi connectivity index (χ0v) is 16.0. The van der Waals surface area contributed by atoms with Gasteiger partial charge < -0.3 is 15.4 Å². The highest BCUT2D eigenvalue weighted by Gasteiger charge is 2.35. The van der Waals surface area contributed by atoms with Crippen molar-refractivity contribution in [2.75, 3.05) is 13.1 Å². The molecule has 0 unspecified atom stereocenters. The second-order valence-corrected chi connectivity index (χ2v) is 7.19. The zero-order chi connectivity index (χ0) is 20.7. The van der Waals surface area contributed by atoms with E-state index in [9.17, 15) is 18.4 Å². The summed E-state index contributed by atoms with van der Waals surface area (Å²) in [5, 5.41) is 5.38. The van der Waals surface area contributed by atoms with Gasteiger partial charge >= 0.3 is 6.61 Å². The molecule has 5 nitrogen and oxygen atoms in total. The lowest BCUT2D eigenvalue weighted by molar-refractivity contribution is -0.120. The summed E-state index contributed by atoms with van der Waals surface area (Å²) in [6.07, 6.45) is 4.23. The van der Waals surface area contributed by atoms with E-state index in [0.29, 0.717) is 6.54 Å². The molecule has 0 saturated heterocycles. The number of benzene rings is 2. The fourth-order valence-electron chi connectivity index (χ4n) is 3.85. The van der Waals surface area contributed by atoms with Gasteiger partial charge in [0.15, 0.2) is 0 Å². The summed E-state index contributed by atoms with van der Waals surface area (Å²) in [5.41, 5.74) is 1.08. The van der Waals surface area contributed by atoms with Crippen LogP contribution in [-0.4, -0.2) is 31.5 Å². The van der Waals surface area contributed by atoms with Crippen LogP contribution in [-0.2, 0) is 10.2 Å². The molecule has 2 aromatic rings. The van der Waals surface area contributed by atoms with Crippen molar-refractivity contribution in [1.29, 1.82) is 0 Å². The lowest BCUT2D eigenvalue weighted by atomic mass is 9.79. The molecular weight excluding hydrogens is 378 g/mol. The second-order valence-electron chi connectivity index (χ2n) is 7.19. The summed E-state index contributed by atoms with van der Waals surface area (Å²) in [6.45, 7) is -2.78. The largest absolute Gasteiger partial charge is 0.434 e. The number of hydrogen-bond donors (Lipinski definition) is 2. The van der Waals surface area contributed by atoms with Gasteiger partial charge in [0, 0.05) is 12.0 Å². The number of para-hydroxylation sites is 1. The van der Waals surface area contributed by atoms with Gasteiger partial charge in [0.2, 0.25) is 5.91 Å². The van der Waals surface area contributed by atoms with Crippen molar-refractivity contribution < 1.29 is 23.1 Å². The molecule has 0 radical (unpaired) electrons. The van der Waals surface area contributed by atoms with Crippen LogP contribution in [0.2, 0.25) is 0 Å². The van der Waals surface area contributed by atoms with Gasteiger partial charge in [0.05, 0.1) is 12.1 Å². The molecule has 0 heterocycles. The Morgan fingerprint density at radius 1 is 0.966 bits per heavy atom. The van der Waals surface area contributed by atoms with Crippen LogP contribution >= 0.6 is 0 Å². The lowest BCUT2D eigenvalue weighted by Crippen LogP contribution is -2.43. The number of ether oxygens (including phenoxy) is 1. The molecule has 1 aliphatic carbocycles. The molecule has 154 valence electrons. The number of carbonyl (C=O) groups excluding carboxylic acids is 2. The van der Waals surface area contributed by atoms with E-state index >= 15 is 0 Å². The van der Waals surface area contributed by atoms with Crippen LogP contribution in [0.15, 0.2) is 54.6 Å². The van der Waals surface area contributed by atoms with E-state index < -0.39 is 12.5 Å². The maximum atomic E-state index is 12.5. The van der Waals surface area contributed by atoms with Crippen LogP contribution in [0.1, 0.15) is 41.6 Å². The van der Waals surface area contributed by atoms with E-state index in [1.165, 1.54) is 29.8 Å². The quantitative estimate of drug-likeness (QED) is 0.708. The Hall–Kier alpha value is -2.96. The van der Waals surface area contributed by atoms with E-state index in [1.807, 2.05) is 18.2 Å². The van der Waals surface area contributed by atoms with Crippen LogP contribution in [0.5, 0.6) is 5.75 Å². The first-order chi connectivity index (χ1) is 14.0. The molecule has 0 aliphatic heterocycles. The minimum absolute atomic E-state index is 0.0443. The molecule has 1 aliphatic rings. The number of amides is 2. The van der Waals surface area contributed by atoms with E-state index in [2.05, 4.69) is 27.5 Å². The fraction of sp³-hybridized carbons (Fsp3) is 0.364. The first-order valence-electron chi connectivity index (χ1n) is 9.64. The topological polar surface area (TPSA) is 67.4 Å². The van der Waals surface area contributed by atoms with Crippen LogP contribution in [0.25, 0.3) is 0 Å². The SMILES string of the molecule is O=C(CNC(=O)c1ccccc1OC(F)F)NCC1(c2ccccc2)CCCC1. The van der Waals surface area contributed by atoms with Gasteiger partial charge in [-0.1, -0.05) is 55.3 Å². The third kappa shape index (κ3) is 5.31. The van der Waals surface area contributed by atoms with Crippen LogP contribution in [0.3, 0.4) is 0 Å². The van der Waals surface area contributed by atoms with Gasteiger partial charge in [0.25, 0.3) is 5.91 Å². The molecule has 2 aromatic carbocycles. The van der Waals surface area contributed by atoms with Gasteiger partial charge in [0.1, 0.15) is 5.75 Å². The molecule has 0 bridgehead atoms. The smallest absolute Gasteiger partial charge is 0.387 e. The number of alkyl halides is 2. The fourth-order valence-corrected chi connectivity index (χ4v) is 3.85. The highest BCUT2D eigenvalue weighted by molar-refractivity contribution is 5.98. The third-order valence-corrected chi connectivity index (χ3v) is 5.33. The highest BCUT2D eigenvalue weighted by atomic mass is 19.3. The molecule has 0 aromatic heterocycles. The second kappa shape index (κ2) is 9.49. The molecule has 0 spiro atoms. The van der Waals surface area contributed by atoms with Crippen LogP contribution in [0, 0.1) is 0 Å². The van der Waals surface area contributed by atoms with E-state index in [0.717, 1.165) is 25.7 Å². The van der Waals surface area contributed by atoms with Gasteiger partial charge in [-0.2, -0.15) is 8.78 Å². The summed E-state index contributed by atoms with van der Waals surface area (Å²) >= 11 is 0. The molecule has 3 rings (SSSR count). The Balaban J connectivity index is 1.56. The standard InChI is InChI=1S/C22H24F2N2O3/c23-21(24)29-18-11-5-4-10-17(18)20(28)25-14-19(27)26-15-22(12-6-7-13-22)16-8-2-1-3-9-16/h1-5,8-11,21H,6-7,12-15H2,(H,25,28)(H,26,27). The Kier molecular flexibility index (Phi) is 6.80. The molecule has 2 N–H and O–H groups in total. The van der Waals surface area contributed by atoms with E-state index in [1.54, 1.807) is 0 Å². The number of halogens is 2. The number of nitrogens with one attached hydrogen (secondary N) is 2. The van der Waals surface area contributed by atoms with Crippen LogP contribution in [0.4, 0.5) is 8.78 Å². The van der Waals surface area contributed by atoms with Crippen molar-refractivity contribution in [3.8, 4) is 5.75 Å². The number of carbonyl (C=O) groups is 2. The van der Waals surface area contributed by atoms with Crippen molar-refractivity contribution in [2.45, 2.75) is 37.7 Å². The average Bonchev–Trinajstić information content (AvgIpc) is 3.21. The zero-order valence-electron chi connectivity index (χ0n) is 16.0. The summed E-state index contributed by atoms with van der Waals surface area (Å²) in [7, 11) is 0. The minimum Gasteiger partial charge on any atom is -0.434 e. The highest BCUT2D eigenvalue weighted by Crippen LogP contribution is 2.40. The predicted octanol–water partition coefficient (Wildman–Crippen LogP) is 3.65. The summed E-state index contributed by atoms with van der Waals surface area (Å²) in [4.78, 5) is 24.6. The molecule has 2 amide bonds. The normalized spacial score (nSPS) is 15.1. The predicted molar refractivity (Wildman–Crippen MR) is 105 cm³/mol. The van der Waals surface area contributed by atoms with Gasteiger partial charge in [-0.15, -0.1) is 0 Å². The molecular formula is C22H24F2N2O3. The molecule has 1 fully saturated rings. The Labute approximate surface area is 168 Å². The van der Waals surface area contributed by atoms with Crippen molar-refractivity contribution in [1.82, 2.24) is 10.6 Å². The maximum absolute atomic E-state index is 12.5. The third-order valence-electron chi connectivity index (χ3n) is 5.33. The summed E-state index contributed by atoms with van der Waals surface area (Å²) < 4.78 is 29.3. The van der Waals surface area contributed by atoms with Crippen molar-refractivity contribution in [3.05, 3.63) is 65.7 Å². The minimum atomic E-state index is -3.03. The van der Waals surface area contributed by atoms with Crippen molar-refractivity contribution in [3.63, 3.8) is 0 Å². The molecule has 7 heteroatoms. The van der Waals surface area contributed by atoms with E-state index in [4.69, 9.17) is 0 Å². The van der Waals surface area contributed by atoms with Gasteiger partial charge in [-0.05, 0) is 30.5 Å². The molecule has 1 saturated carbocycles. The Morgan fingerprint density at radius 2 is 1.62 bits per heavy atom. The molecule has 0 atom stereocenters. The maximum Gasteiger partial charge on any atom is 0.387 e.